The number of aromatic amines is 1. The molecule has 1 aliphatic carbocycles. The van der Waals surface area contributed by atoms with E-state index in [1.807, 2.05) is 30.5 Å². The number of carbonyl (C=O) groups is 2. The zero-order valence-electron chi connectivity index (χ0n) is 15.4. The summed E-state index contributed by atoms with van der Waals surface area (Å²) in [6, 6.07) is 8.01. The summed E-state index contributed by atoms with van der Waals surface area (Å²) in [5.74, 6) is 0.269. The number of likely N-dealkylation sites (tertiary alicyclic amines) is 1. The summed E-state index contributed by atoms with van der Waals surface area (Å²) in [4.78, 5) is 30.3. The molecule has 26 heavy (non-hydrogen) atoms. The molecule has 0 unspecified atom stereocenters. The number of H-pyrrole nitrogens is 1. The maximum Gasteiger partial charge on any atom is 0.251 e. The van der Waals surface area contributed by atoms with E-state index in [1.165, 1.54) is 0 Å². The Morgan fingerprint density at radius 1 is 1.35 bits per heavy atom. The van der Waals surface area contributed by atoms with Crippen molar-refractivity contribution in [1.29, 1.82) is 0 Å². The van der Waals surface area contributed by atoms with E-state index >= 15 is 0 Å². The number of rotatable bonds is 5. The van der Waals surface area contributed by atoms with Gasteiger partial charge in [-0.15, -0.1) is 0 Å². The molecule has 1 saturated heterocycles. The van der Waals surface area contributed by atoms with Crippen LogP contribution in [0.25, 0.3) is 10.9 Å². The second-order valence-corrected chi connectivity index (χ2v) is 7.82. The molecule has 1 aromatic heterocycles. The van der Waals surface area contributed by atoms with Crippen molar-refractivity contribution in [1.82, 2.24) is 15.2 Å². The van der Waals surface area contributed by atoms with Gasteiger partial charge in [0.1, 0.15) is 0 Å². The van der Waals surface area contributed by atoms with Gasteiger partial charge in [0.15, 0.2) is 0 Å². The molecule has 0 spiro atoms. The van der Waals surface area contributed by atoms with Crippen LogP contribution in [0.3, 0.4) is 0 Å². The number of nitrogens with one attached hydrogen (secondary N) is 2. The number of carbonyl (C=O) groups excluding carboxylic acids is 2. The van der Waals surface area contributed by atoms with Crippen molar-refractivity contribution in [3.63, 3.8) is 0 Å². The van der Waals surface area contributed by atoms with Crippen molar-refractivity contribution in [2.24, 2.45) is 5.41 Å². The van der Waals surface area contributed by atoms with Crippen LogP contribution in [0.4, 0.5) is 0 Å². The van der Waals surface area contributed by atoms with E-state index in [-0.39, 0.29) is 17.4 Å². The Bertz CT molecular complexity index is 828. The van der Waals surface area contributed by atoms with Crippen LogP contribution in [0.15, 0.2) is 30.5 Å². The third-order valence-electron chi connectivity index (χ3n) is 6.27. The fourth-order valence-electron chi connectivity index (χ4n) is 4.94. The van der Waals surface area contributed by atoms with Crippen LogP contribution in [0.5, 0.6) is 0 Å². The fourth-order valence-corrected chi connectivity index (χ4v) is 4.94. The predicted octanol–water partition coefficient (Wildman–Crippen LogP) is 3.47. The van der Waals surface area contributed by atoms with Crippen LogP contribution in [0, 0.1) is 5.41 Å². The van der Waals surface area contributed by atoms with Gasteiger partial charge in [-0.05, 0) is 49.9 Å². The van der Waals surface area contributed by atoms with E-state index in [0.717, 1.165) is 49.6 Å². The molecule has 2 fully saturated rings. The molecule has 2 aromatic rings. The lowest BCUT2D eigenvalue weighted by Gasteiger charge is -2.46. The normalized spacial score (nSPS) is 25.5. The van der Waals surface area contributed by atoms with E-state index in [1.54, 1.807) is 0 Å². The number of nitrogens with zero attached hydrogens (tertiary/aromatic N) is 1. The van der Waals surface area contributed by atoms with Gasteiger partial charge in [-0.25, -0.2) is 0 Å². The second kappa shape index (κ2) is 6.78. The van der Waals surface area contributed by atoms with E-state index < -0.39 is 0 Å². The first-order valence-corrected chi connectivity index (χ1v) is 9.78. The van der Waals surface area contributed by atoms with E-state index in [2.05, 4.69) is 22.1 Å². The van der Waals surface area contributed by atoms with Crippen molar-refractivity contribution in [3.05, 3.63) is 36.0 Å². The Morgan fingerprint density at radius 2 is 2.23 bits per heavy atom. The number of fused-ring (bicyclic) bond motifs is 2. The van der Waals surface area contributed by atoms with Gasteiger partial charge in [0.25, 0.3) is 5.91 Å². The summed E-state index contributed by atoms with van der Waals surface area (Å²) in [7, 11) is 0. The zero-order valence-corrected chi connectivity index (χ0v) is 15.4. The number of piperidine rings is 1. The molecule has 5 heteroatoms. The van der Waals surface area contributed by atoms with Crippen LogP contribution in [0.1, 0.15) is 55.8 Å². The van der Waals surface area contributed by atoms with Gasteiger partial charge in [0, 0.05) is 53.6 Å². The summed E-state index contributed by atoms with van der Waals surface area (Å²) < 4.78 is 0. The number of benzene rings is 1. The molecular formula is C21H27N3O2. The van der Waals surface area contributed by atoms with Gasteiger partial charge in [-0.3, -0.25) is 9.59 Å². The Morgan fingerprint density at radius 3 is 3.08 bits per heavy atom. The Kier molecular flexibility index (Phi) is 4.47. The predicted molar refractivity (Wildman–Crippen MR) is 102 cm³/mol. The summed E-state index contributed by atoms with van der Waals surface area (Å²) in [6.45, 7) is 3.62. The molecule has 2 atom stereocenters. The van der Waals surface area contributed by atoms with Crippen molar-refractivity contribution >= 4 is 22.7 Å². The number of hydrogen-bond acceptors (Lipinski definition) is 2. The number of amides is 2. The van der Waals surface area contributed by atoms with Crippen molar-refractivity contribution < 1.29 is 9.59 Å². The monoisotopic (exact) mass is 353 g/mol. The molecule has 4 rings (SSSR count). The van der Waals surface area contributed by atoms with Crippen LogP contribution >= 0.6 is 0 Å². The molecule has 5 nitrogen and oxygen atoms in total. The first-order chi connectivity index (χ1) is 12.6. The van der Waals surface area contributed by atoms with Crippen molar-refractivity contribution in [2.75, 3.05) is 13.1 Å². The van der Waals surface area contributed by atoms with Crippen molar-refractivity contribution in [3.8, 4) is 0 Å². The van der Waals surface area contributed by atoms with Crippen LogP contribution < -0.4 is 5.32 Å². The Balaban J connectivity index is 1.48. The smallest absolute Gasteiger partial charge is 0.251 e. The molecule has 1 aliphatic heterocycles. The molecule has 2 heterocycles. The summed E-state index contributed by atoms with van der Waals surface area (Å²) in [6.07, 6.45) is 7.69. The zero-order chi connectivity index (χ0) is 18.1. The highest BCUT2D eigenvalue weighted by molar-refractivity contribution is 5.98. The fraction of sp³-hybridized carbons (Fsp3) is 0.524. The highest BCUT2D eigenvalue weighted by Gasteiger charge is 2.49. The summed E-state index contributed by atoms with van der Waals surface area (Å²) >= 11 is 0. The molecule has 1 aromatic carbocycles. The van der Waals surface area contributed by atoms with E-state index in [0.29, 0.717) is 24.4 Å². The van der Waals surface area contributed by atoms with Gasteiger partial charge in [0.05, 0.1) is 0 Å². The summed E-state index contributed by atoms with van der Waals surface area (Å²) in [5, 5.41) is 4.23. The second-order valence-electron chi connectivity index (χ2n) is 7.82. The highest BCUT2D eigenvalue weighted by atomic mass is 16.2. The highest BCUT2D eigenvalue weighted by Crippen LogP contribution is 2.47. The molecule has 138 valence electrons. The third kappa shape index (κ3) is 2.89. The van der Waals surface area contributed by atoms with Crippen LogP contribution in [-0.4, -0.2) is 40.8 Å². The Hall–Kier alpha value is -2.30. The SMILES string of the molecule is CCCN1C(=O)CC[C@]2(CNC(=O)c3ccc4[nH]ccc4c3)CCC[C@@H]12. The van der Waals surface area contributed by atoms with E-state index in [9.17, 15) is 9.59 Å². The average molecular weight is 353 g/mol. The lowest BCUT2D eigenvalue weighted by atomic mass is 9.74. The lowest BCUT2D eigenvalue weighted by Crippen LogP contribution is -2.56. The molecule has 0 radical (unpaired) electrons. The van der Waals surface area contributed by atoms with Gasteiger partial charge in [-0.2, -0.15) is 0 Å². The van der Waals surface area contributed by atoms with E-state index in [4.69, 9.17) is 0 Å². The van der Waals surface area contributed by atoms with Gasteiger partial charge >= 0.3 is 0 Å². The van der Waals surface area contributed by atoms with Gasteiger partial charge in [0.2, 0.25) is 5.91 Å². The Labute approximate surface area is 154 Å². The number of aromatic nitrogens is 1. The lowest BCUT2D eigenvalue weighted by molar-refractivity contribution is -0.141. The average Bonchev–Trinajstić information content (AvgIpc) is 3.29. The molecule has 0 bridgehead atoms. The maximum atomic E-state index is 12.7. The molecule has 2 amide bonds. The van der Waals surface area contributed by atoms with Gasteiger partial charge < -0.3 is 15.2 Å². The molecule has 2 N–H and O–H groups in total. The molecule has 1 saturated carbocycles. The minimum Gasteiger partial charge on any atom is -0.361 e. The van der Waals surface area contributed by atoms with Crippen LogP contribution in [0.2, 0.25) is 0 Å². The standard InChI is InChI=1S/C21H27N3O2/c1-2-12-24-18-4-3-9-21(18,10-7-19(24)25)14-23-20(26)16-5-6-17-15(13-16)8-11-22-17/h5-6,8,11,13,18,22H,2-4,7,9-10,12,14H2,1H3,(H,23,26)/t18-,21+/m1/s1. The van der Waals surface area contributed by atoms with Crippen LogP contribution in [-0.2, 0) is 4.79 Å². The maximum absolute atomic E-state index is 12.7. The summed E-state index contributed by atoms with van der Waals surface area (Å²) in [5.41, 5.74) is 1.79. The minimum absolute atomic E-state index is 0.0212. The van der Waals surface area contributed by atoms with Crippen molar-refractivity contribution in [2.45, 2.75) is 51.5 Å². The molecule has 2 aliphatic rings. The third-order valence-corrected chi connectivity index (χ3v) is 6.27. The minimum atomic E-state index is -0.0212. The number of hydrogen-bond donors (Lipinski definition) is 2. The quantitative estimate of drug-likeness (QED) is 0.864. The van der Waals surface area contributed by atoms with Gasteiger partial charge in [-0.1, -0.05) is 13.3 Å². The topological polar surface area (TPSA) is 65.2 Å². The molecular weight excluding hydrogens is 326 g/mol. The largest absolute Gasteiger partial charge is 0.361 e. The first-order valence-electron chi connectivity index (χ1n) is 9.78. The first kappa shape index (κ1) is 17.1.